The van der Waals surface area contributed by atoms with Gasteiger partial charge < -0.3 is 27.8 Å². The van der Waals surface area contributed by atoms with Crippen molar-refractivity contribution < 1.29 is 24.5 Å². The molecule has 36 heavy (non-hydrogen) atoms. The zero-order chi connectivity index (χ0) is 25.7. The summed E-state index contributed by atoms with van der Waals surface area (Å²) < 4.78 is 31.2. The van der Waals surface area contributed by atoms with Crippen LogP contribution in [0.4, 0.5) is 14.6 Å². The SMILES string of the molecule is CC1CC1.COc1cnc(C(F)F)cc1-c1cc(NC(=O)/C=C(/C)C=N)ncc1C=O.CSN.N.N.[HH]. The van der Waals surface area contributed by atoms with Crippen molar-refractivity contribution in [3.05, 3.63) is 47.4 Å². The summed E-state index contributed by atoms with van der Waals surface area (Å²) in [6, 6.07) is 2.50. The third-order valence-corrected chi connectivity index (χ3v) is 4.39. The lowest BCUT2D eigenvalue weighted by Crippen LogP contribution is -2.11. The predicted molar refractivity (Wildman–Crippen MR) is 144 cm³/mol. The number of aromatic nitrogens is 2. The number of nitrogens with two attached hydrogens (primary N) is 1. The standard InChI is InChI=1S/C18H16F2N4O3.C4H8.CH5NS.2H3N.H2/c1-10(6-21)3-17(26)24-16-5-12(11(9-25)7-23-16)13-4-14(18(19)20)22-8-15(13)27-2;1-4-2-3-4;1-3-2;;;/h3-9,18,21H,1-2H3,(H,23,24,26);4H,2-3H2,1H3;2H2,1H3;2*1H3;1H/b10-3-,21-6?;;;;;. The first-order valence-electron chi connectivity index (χ1n) is 10.2. The van der Waals surface area contributed by atoms with Crippen molar-refractivity contribution >= 4 is 36.2 Å². The van der Waals surface area contributed by atoms with E-state index in [4.69, 9.17) is 15.3 Å². The maximum absolute atomic E-state index is 13.0. The van der Waals surface area contributed by atoms with Crippen molar-refractivity contribution in [2.45, 2.75) is 33.1 Å². The molecule has 0 aromatic carbocycles. The summed E-state index contributed by atoms with van der Waals surface area (Å²) in [5, 5.41) is 14.3. The maximum Gasteiger partial charge on any atom is 0.280 e. The van der Waals surface area contributed by atoms with Crippen LogP contribution in [0.5, 0.6) is 5.75 Å². The van der Waals surface area contributed by atoms with E-state index in [0.29, 0.717) is 11.9 Å². The number of ether oxygens (including phenoxy) is 1. The number of hydrogen-bond acceptors (Lipinski definition) is 10. The minimum Gasteiger partial charge on any atom is -0.494 e. The van der Waals surface area contributed by atoms with Gasteiger partial charge in [-0.1, -0.05) is 31.7 Å². The van der Waals surface area contributed by atoms with E-state index in [9.17, 15) is 18.4 Å². The Morgan fingerprint density at radius 3 is 2.31 bits per heavy atom. The summed E-state index contributed by atoms with van der Waals surface area (Å²) in [7, 11) is 1.35. The molecular formula is C23H37F2N7O3S. The molecule has 0 unspecified atom stereocenters. The minimum absolute atomic E-state index is 0. The molecule has 0 radical (unpaired) electrons. The molecule has 2 heterocycles. The molecule has 1 aliphatic carbocycles. The number of hydrogen-bond donors (Lipinski definition) is 5. The average Bonchev–Trinajstić information content (AvgIpc) is 3.61. The third-order valence-electron chi connectivity index (χ3n) is 4.39. The molecule has 1 saturated carbocycles. The quantitative estimate of drug-likeness (QED) is 0.130. The summed E-state index contributed by atoms with van der Waals surface area (Å²) >= 11 is 1.25. The van der Waals surface area contributed by atoms with Crippen molar-refractivity contribution in [3.8, 4) is 16.9 Å². The first-order chi connectivity index (χ1) is 16.2. The highest BCUT2D eigenvalue weighted by Crippen LogP contribution is 2.34. The molecule has 13 heteroatoms. The van der Waals surface area contributed by atoms with Gasteiger partial charge in [-0.25, -0.2) is 13.8 Å². The molecule has 10 N–H and O–H groups in total. The van der Waals surface area contributed by atoms with Gasteiger partial charge in [0, 0.05) is 36.6 Å². The van der Waals surface area contributed by atoms with Crippen LogP contribution in [0.1, 0.15) is 50.6 Å². The van der Waals surface area contributed by atoms with E-state index in [1.54, 1.807) is 6.92 Å². The van der Waals surface area contributed by atoms with E-state index < -0.39 is 18.0 Å². The molecule has 3 rings (SSSR count). The Balaban J connectivity index is -0.00000101. The highest BCUT2D eigenvalue weighted by molar-refractivity contribution is 7.96. The van der Waals surface area contributed by atoms with Gasteiger partial charge in [-0.3, -0.25) is 19.7 Å². The molecule has 0 spiro atoms. The van der Waals surface area contributed by atoms with Crippen molar-refractivity contribution in [2.75, 3.05) is 18.7 Å². The number of carbonyl (C=O) groups is 2. The fourth-order valence-corrected chi connectivity index (χ4v) is 2.39. The number of amides is 1. The number of nitrogens with one attached hydrogen (secondary N) is 2. The van der Waals surface area contributed by atoms with Crippen molar-refractivity contribution in [3.63, 3.8) is 0 Å². The molecule has 0 saturated heterocycles. The van der Waals surface area contributed by atoms with Crippen LogP contribution in [0.2, 0.25) is 0 Å². The van der Waals surface area contributed by atoms with Gasteiger partial charge in [-0.05, 0) is 36.8 Å². The Morgan fingerprint density at radius 2 is 1.86 bits per heavy atom. The van der Waals surface area contributed by atoms with E-state index >= 15 is 0 Å². The average molecular weight is 530 g/mol. The third kappa shape index (κ3) is 11.9. The first-order valence-corrected chi connectivity index (χ1v) is 11.5. The molecule has 10 nitrogen and oxygen atoms in total. The molecule has 202 valence electrons. The van der Waals surface area contributed by atoms with Gasteiger partial charge in [0.2, 0.25) is 5.91 Å². The van der Waals surface area contributed by atoms with Gasteiger partial charge in [0.25, 0.3) is 6.43 Å². The Bertz CT molecular complexity index is 1030. The Hall–Kier alpha value is -3.26. The van der Waals surface area contributed by atoms with E-state index in [-0.39, 0.29) is 42.0 Å². The van der Waals surface area contributed by atoms with Gasteiger partial charge >= 0.3 is 0 Å². The minimum atomic E-state index is -2.80. The van der Waals surface area contributed by atoms with Crippen LogP contribution in [-0.4, -0.2) is 41.7 Å². The van der Waals surface area contributed by atoms with Crippen LogP contribution in [-0.2, 0) is 4.79 Å². The number of allylic oxidation sites excluding steroid dienone is 1. The monoisotopic (exact) mass is 529 g/mol. The second-order valence-electron chi connectivity index (χ2n) is 7.32. The molecule has 2 aromatic rings. The maximum atomic E-state index is 13.0. The molecular weight excluding hydrogens is 492 g/mol. The van der Waals surface area contributed by atoms with Crippen LogP contribution in [0.3, 0.4) is 0 Å². The van der Waals surface area contributed by atoms with E-state index in [1.807, 2.05) is 6.26 Å². The second-order valence-corrected chi connectivity index (χ2v) is 7.80. The van der Waals surface area contributed by atoms with E-state index in [0.717, 1.165) is 24.4 Å². The Morgan fingerprint density at radius 1 is 1.28 bits per heavy atom. The molecule has 0 atom stereocenters. The fraction of sp³-hybridized carbons (Fsp3) is 0.348. The molecule has 1 amide bonds. The lowest BCUT2D eigenvalue weighted by molar-refractivity contribution is -0.112. The number of methoxy groups -OCH3 is 1. The lowest BCUT2D eigenvalue weighted by atomic mass is 10.0. The summed E-state index contributed by atoms with van der Waals surface area (Å²) in [5.74, 6) is 0.848. The largest absolute Gasteiger partial charge is 0.494 e. The van der Waals surface area contributed by atoms with Crippen LogP contribution >= 0.6 is 11.9 Å². The number of halogens is 2. The Kier molecular flexibility index (Phi) is 17.5. The van der Waals surface area contributed by atoms with Crippen molar-refractivity contribution in [1.82, 2.24) is 22.3 Å². The smallest absolute Gasteiger partial charge is 0.280 e. The highest BCUT2D eigenvalue weighted by Gasteiger charge is 2.17. The van der Waals surface area contributed by atoms with Crippen molar-refractivity contribution in [2.24, 2.45) is 11.1 Å². The zero-order valence-electron chi connectivity index (χ0n) is 20.9. The highest BCUT2D eigenvalue weighted by atomic mass is 32.2. The zero-order valence-corrected chi connectivity index (χ0v) is 21.7. The molecule has 1 fully saturated rings. The second kappa shape index (κ2) is 18.1. The molecule has 2 aromatic heterocycles. The molecule has 0 bridgehead atoms. The van der Waals surface area contributed by atoms with Gasteiger partial charge in [0.15, 0.2) is 6.29 Å². The normalized spacial score (nSPS) is 11.8. The summed E-state index contributed by atoms with van der Waals surface area (Å²) in [6.07, 6.45) is 7.08. The first kappa shape index (κ1) is 34.9. The number of aldehydes is 1. The van der Waals surface area contributed by atoms with E-state index in [2.05, 4.69) is 22.2 Å². The molecule has 0 aliphatic heterocycles. The van der Waals surface area contributed by atoms with Gasteiger partial charge in [0.05, 0.1) is 13.3 Å². The van der Waals surface area contributed by atoms with Gasteiger partial charge in [-0.2, -0.15) is 0 Å². The number of nitrogens with zero attached hydrogens (tertiary/aromatic N) is 2. The number of anilines is 1. The summed E-state index contributed by atoms with van der Waals surface area (Å²) in [5.41, 5.74) is 0.548. The lowest BCUT2D eigenvalue weighted by Gasteiger charge is -2.13. The van der Waals surface area contributed by atoms with Gasteiger partial charge in [-0.15, -0.1) is 0 Å². The Labute approximate surface area is 215 Å². The topological polar surface area (TPSA) is 201 Å². The number of alkyl halides is 2. The fourth-order valence-electron chi connectivity index (χ4n) is 2.39. The summed E-state index contributed by atoms with van der Waals surface area (Å²) in [6.45, 7) is 3.86. The van der Waals surface area contributed by atoms with Gasteiger partial charge in [0.1, 0.15) is 17.3 Å². The predicted octanol–water partition coefficient (Wildman–Crippen LogP) is 5.65. The molecule has 1 aliphatic rings. The van der Waals surface area contributed by atoms with Crippen LogP contribution in [0.25, 0.3) is 11.1 Å². The number of carbonyl (C=O) groups excluding carboxylic acids is 2. The van der Waals surface area contributed by atoms with Crippen LogP contribution in [0, 0.1) is 11.3 Å². The van der Waals surface area contributed by atoms with Crippen LogP contribution in [0.15, 0.2) is 36.2 Å². The van der Waals surface area contributed by atoms with Crippen LogP contribution < -0.4 is 27.5 Å². The summed E-state index contributed by atoms with van der Waals surface area (Å²) in [4.78, 5) is 30.9. The number of rotatable bonds is 7. The van der Waals surface area contributed by atoms with E-state index in [1.165, 1.54) is 50.2 Å². The number of pyridine rings is 2. The van der Waals surface area contributed by atoms with Crippen molar-refractivity contribution in [1.29, 1.82) is 5.41 Å².